The minimum atomic E-state index is -0.870. The highest BCUT2D eigenvalue weighted by molar-refractivity contribution is 5.92. The maximum atomic E-state index is 12.7. The third kappa shape index (κ3) is 1.57. The molecule has 9 atom stereocenters. The lowest BCUT2D eigenvalue weighted by molar-refractivity contribution is -0.169. The molecule has 2 N–H and O–H groups in total. The van der Waals surface area contributed by atoms with Crippen molar-refractivity contribution in [1.82, 2.24) is 0 Å². The Bertz CT molecular complexity index is 612. The zero-order valence-electron chi connectivity index (χ0n) is 14.2. The number of Topliss-reactive ketones (excluding diaryl/α,β-unsaturated/α-hetero) is 1. The lowest BCUT2D eigenvalue weighted by Crippen LogP contribution is -2.61. The normalized spacial score (nSPS) is 63.0. The second-order valence-corrected chi connectivity index (χ2v) is 9.63. The van der Waals surface area contributed by atoms with Gasteiger partial charge in [-0.05, 0) is 55.8 Å². The maximum absolute atomic E-state index is 12.7. The molecule has 3 nitrogen and oxygen atoms in total. The first kappa shape index (κ1) is 14.7. The average Bonchev–Trinajstić information content (AvgIpc) is 3.23. The van der Waals surface area contributed by atoms with Gasteiger partial charge >= 0.3 is 0 Å². The van der Waals surface area contributed by atoms with Crippen molar-refractivity contribution in [2.75, 3.05) is 0 Å². The molecule has 5 aliphatic carbocycles. The van der Waals surface area contributed by atoms with Crippen LogP contribution >= 0.6 is 0 Å². The predicted molar refractivity (Wildman–Crippen MR) is 86.5 cm³/mol. The van der Waals surface area contributed by atoms with Crippen LogP contribution in [0.4, 0.5) is 0 Å². The summed E-state index contributed by atoms with van der Waals surface area (Å²) in [6.45, 7) is 4.45. The largest absolute Gasteiger partial charge is 0.393 e. The lowest BCUT2D eigenvalue weighted by Gasteiger charge is -2.61. The molecule has 4 fully saturated rings. The van der Waals surface area contributed by atoms with Crippen LogP contribution in [-0.2, 0) is 4.79 Å². The van der Waals surface area contributed by atoms with Crippen molar-refractivity contribution in [3.63, 3.8) is 0 Å². The summed E-state index contributed by atoms with van der Waals surface area (Å²) >= 11 is 0. The summed E-state index contributed by atoms with van der Waals surface area (Å²) in [5.41, 5.74) is -1.13. The van der Waals surface area contributed by atoms with Crippen molar-refractivity contribution >= 4 is 5.78 Å². The molecule has 126 valence electrons. The third-order valence-electron chi connectivity index (χ3n) is 8.74. The number of carbonyl (C=O) groups excluding carboxylic acids is 1. The van der Waals surface area contributed by atoms with E-state index in [2.05, 4.69) is 19.9 Å². The molecule has 3 heteroatoms. The average molecular weight is 316 g/mol. The molecule has 0 amide bonds. The number of allylic oxidation sites excluding steroid dienone is 1. The molecule has 0 radical (unpaired) electrons. The Kier molecular flexibility index (Phi) is 2.62. The van der Waals surface area contributed by atoms with Crippen molar-refractivity contribution in [1.29, 1.82) is 0 Å². The summed E-state index contributed by atoms with van der Waals surface area (Å²) in [5, 5.41) is 21.3. The fraction of sp³-hybridized carbons (Fsp3) is 0.850. The molecule has 4 saturated carbocycles. The Labute approximate surface area is 138 Å². The van der Waals surface area contributed by atoms with Gasteiger partial charge in [0.15, 0.2) is 0 Å². The number of fused-ring (bicyclic) bond motifs is 7. The number of aliphatic hydroxyl groups excluding tert-OH is 1. The van der Waals surface area contributed by atoms with E-state index in [0.29, 0.717) is 41.8 Å². The minimum Gasteiger partial charge on any atom is -0.393 e. The van der Waals surface area contributed by atoms with Gasteiger partial charge in [0.25, 0.3) is 0 Å². The molecule has 0 aromatic heterocycles. The van der Waals surface area contributed by atoms with Crippen LogP contribution in [0.25, 0.3) is 0 Å². The molecule has 0 saturated heterocycles. The van der Waals surface area contributed by atoms with Crippen molar-refractivity contribution in [2.24, 2.45) is 40.4 Å². The molecular formula is C20H28O3. The van der Waals surface area contributed by atoms with Crippen LogP contribution in [0.15, 0.2) is 12.2 Å². The van der Waals surface area contributed by atoms with E-state index in [0.717, 1.165) is 32.1 Å². The molecular weight excluding hydrogens is 288 g/mol. The first-order valence-corrected chi connectivity index (χ1v) is 9.44. The van der Waals surface area contributed by atoms with Gasteiger partial charge in [-0.2, -0.15) is 0 Å². The van der Waals surface area contributed by atoms with Crippen molar-refractivity contribution in [2.45, 2.75) is 64.1 Å². The van der Waals surface area contributed by atoms with Gasteiger partial charge in [-0.3, -0.25) is 4.79 Å². The Morgan fingerprint density at radius 2 is 2.00 bits per heavy atom. The van der Waals surface area contributed by atoms with E-state index >= 15 is 0 Å². The summed E-state index contributed by atoms with van der Waals surface area (Å²) < 4.78 is 0. The quantitative estimate of drug-likeness (QED) is 0.676. The topological polar surface area (TPSA) is 57.5 Å². The van der Waals surface area contributed by atoms with Gasteiger partial charge in [-0.25, -0.2) is 0 Å². The molecule has 0 heterocycles. The van der Waals surface area contributed by atoms with E-state index in [9.17, 15) is 15.0 Å². The highest BCUT2D eigenvalue weighted by Crippen LogP contribution is 2.71. The van der Waals surface area contributed by atoms with Gasteiger partial charge in [0.1, 0.15) is 5.78 Å². The van der Waals surface area contributed by atoms with Gasteiger partial charge in [0.05, 0.1) is 11.7 Å². The highest BCUT2D eigenvalue weighted by Gasteiger charge is 2.71. The molecule has 5 rings (SSSR count). The molecule has 23 heavy (non-hydrogen) atoms. The van der Waals surface area contributed by atoms with Crippen LogP contribution in [0.2, 0.25) is 0 Å². The zero-order chi connectivity index (χ0) is 16.2. The molecule has 0 aromatic rings. The van der Waals surface area contributed by atoms with Crippen LogP contribution in [0.5, 0.6) is 0 Å². The van der Waals surface area contributed by atoms with Crippen molar-refractivity contribution < 1.29 is 15.0 Å². The van der Waals surface area contributed by atoms with E-state index in [1.165, 1.54) is 0 Å². The van der Waals surface area contributed by atoms with Gasteiger partial charge < -0.3 is 10.2 Å². The smallest absolute Gasteiger partial charge is 0.142 e. The number of hydrogen-bond donors (Lipinski definition) is 2. The van der Waals surface area contributed by atoms with E-state index in [4.69, 9.17) is 0 Å². The Balaban J connectivity index is 1.58. The number of hydrogen-bond acceptors (Lipinski definition) is 3. The maximum Gasteiger partial charge on any atom is 0.142 e. The predicted octanol–water partition coefficient (Wildman–Crippen LogP) is 2.71. The van der Waals surface area contributed by atoms with E-state index < -0.39 is 5.60 Å². The number of aliphatic hydroxyl groups is 2. The number of carbonyl (C=O) groups is 1. The monoisotopic (exact) mass is 316 g/mol. The first-order valence-electron chi connectivity index (χ1n) is 9.44. The summed E-state index contributed by atoms with van der Waals surface area (Å²) in [6, 6.07) is 0. The molecule has 7 unspecified atom stereocenters. The fourth-order valence-electron chi connectivity index (χ4n) is 7.28. The van der Waals surface area contributed by atoms with Crippen LogP contribution < -0.4 is 0 Å². The van der Waals surface area contributed by atoms with Crippen LogP contribution in [0.1, 0.15) is 52.4 Å². The van der Waals surface area contributed by atoms with Crippen LogP contribution in [0, 0.1) is 40.4 Å². The Morgan fingerprint density at radius 3 is 2.78 bits per heavy atom. The van der Waals surface area contributed by atoms with Gasteiger partial charge in [0.2, 0.25) is 0 Å². The van der Waals surface area contributed by atoms with Gasteiger partial charge in [-0.1, -0.05) is 26.0 Å². The molecule has 0 spiro atoms. The second kappa shape index (κ2) is 4.11. The molecule has 5 aliphatic rings. The van der Waals surface area contributed by atoms with E-state index in [-0.39, 0.29) is 16.9 Å². The Morgan fingerprint density at radius 1 is 1.22 bits per heavy atom. The van der Waals surface area contributed by atoms with Crippen molar-refractivity contribution in [3.8, 4) is 0 Å². The minimum absolute atomic E-state index is 0.112. The summed E-state index contributed by atoms with van der Waals surface area (Å²) in [7, 11) is 0. The second-order valence-electron chi connectivity index (χ2n) is 9.63. The van der Waals surface area contributed by atoms with E-state index in [1.54, 1.807) is 0 Å². The Hall–Kier alpha value is -0.670. The fourth-order valence-corrected chi connectivity index (χ4v) is 7.28. The number of rotatable bonds is 0. The summed E-state index contributed by atoms with van der Waals surface area (Å²) in [6.07, 6.45) is 9.15. The van der Waals surface area contributed by atoms with E-state index in [1.807, 2.05) is 6.08 Å². The van der Waals surface area contributed by atoms with Crippen LogP contribution in [0.3, 0.4) is 0 Å². The summed E-state index contributed by atoms with van der Waals surface area (Å²) in [5.74, 6) is 2.87. The zero-order valence-corrected chi connectivity index (χ0v) is 14.2. The first-order chi connectivity index (χ1) is 10.8. The molecule has 0 aromatic carbocycles. The van der Waals surface area contributed by atoms with Crippen LogP contribution in [-0.4, -0.2) is 27.7 Å². The van der Waals surface area contributed by atoms with Crippen molar-refractivity contribution in [3.05, 3.63) is 12.2 Å². The third-order valence-corrected chi connectivity index (χ3v) is 8.74. The number of ketones is 1. The van der Waals surface area contributed by atoms with Gasteiger partial charge in [-0.15, -0.1) is 0 Å². The summed E-state index contributed by atoms with van der Waals surface area (Å²) in [4.78, 5) is 12.7. The highest BCUT2D eigenvalue weighted by atomic mass is 16.3. The standard InChI is InChI=1S/C20H28O3/c1-18-6-5-15-12(16(18)13-9-14(13)17(18)22)4-8-20(23)10-11(21)3-7-19(15,20)2/h4,8,11-16,21,23H,3,5-7,9-10H2,1-2H3/t11?,12?,13-,14+,15?,16?,18?,19?,20?/m1/s1. The lowest BCUT2D eigenvalue weighted by atomic mass is 9.45. The van der Waals surface area contributed by atoms with Gasteiger partial charge in [0, 0.05) is 23.2 Å². The molecule has 0 bridgehead atoms. The SMILES string of the molecule is CC12CCC3C(C=CC4(O)CC(O)CCC34C)C1[C@@H]1C[C@@H]1C2=O. The molecule has 0 aliphatic heterocycles.